The molecule has 1 spiro atoms. The fourth-order valence-corrected chi connectivity index (χ4v) is 8.34. The van der Waals surface area contributed by atoms with Crippen LogP contribution in [0.2, 0.25) is 0 Å². The Morgan fingerprint density at radius 1 is 1.13 bits per heavy atom. The zero-order valence-corrected chi connectivity index (χ0v) is 26.7. The van der Waals surface area contributed by atoms with E-state index in [9.17, 15) is 19.8 Å². The van der Waals surface area contributed by atoms with E-state index in [0.717, 1.165) is 5.56 Å². The average molecular weight is 649 g/mol. The standard InChI is InChI=1S/C35H36O12/c1-16-10-20-21(12-36)25-22(43-14-18-6-8-19(40-3)9-7-18)11-17(2)28(38)27(25)29(39)26(20)30-24(16)31-32-35(42-5,45-30)33(15-44-33)34(46-31,47-32)23(13-37)41-4/h6-10,12,17,22-23,31-32,37,39H,11,13-15H2,1-5H3/t17-,22+,23?,31?,32?,33?,34?,35?/m1/s1. The zero-order chi connectivity index (χ0) is 33.0. The minimum Gasteiger partial charge on any atom is -0.506 e. The van der Waals surface area contributed by atoms with Gasteiger partial charge in [0.05, 0.1) is 44.0 Å². The summed E-state index contributed by atoms with van der Waals surface area (Å²) in [5.74, 6) is -3.27. The van der Waals surface area contributed by atoms with Crippen LogP contribution in [0.1, 0.15) is 68.5 Å². The molecule has 12 nitrogen and oxygen atoms in total. The van der Waals surface area contributed by atoms with Crippen LogP contribution in [-0.4, -0.2) is 86.2 Å². The number of hydrogen-bond donors (Lipinski definition) is 2. The van der Waals surface area contributed by atoms with Gasteiger partial charge in [-0.05, 0) is 42.7 Å². The molecule has 47 heavy (non-hydrogen) atoms. The number of methoxy groups -OCH3 is 3. The molecule has 6 unspecified atom stereocenters. The quantitative estimate of drug-likeness (QED) is 0.256. The average Bonchev–Trinajstić information content (AvgIpc) is 3.74. The first kappa shape index (κ1) is 30.7. The summed E-state index contributed by atoms with van der Waals surface area (Å²) in [4.78, 5) is 26.8. The maximum atomic E-state index is 13.8. The molecule has 4 heterocycles. The van der Waals surface area contributed by atoms with E-state index in [1.54, 1.807) is 20.1 Å². The number of phenolic OH excluding ortho intramolecular Hbond substituents is 1. The third-order valence-corrected chi connectivity index (χ3v) is 10.7. The van der Waals surface area contributed by atoms with Crippen LogP contribution in [0.4, 0.5) is 0 Å². The van der Waals surface area contributed by atoms with E-state index in [1.807, 2.05) is 31.2 Å². The Morgan fingerprint density at radius 2 is 1.87 bits per heavy atom. The summed E-state index contributed by atoms with van der Waals surface area (Å²) in [7, 11) is 4.51. The number of rotatable bonds is 9. The van der Waals surface area contributed by atoms with Crippen molar-refractivity contribution in [2.75, 3.05) is 34.5 Å². The highest BCUT2D eigenvalue weighted by atomic mass is 16.9. The lowest BCUT2D eigenvalue weighted by Gasteiger charge is -2.49. The summed E-state index contributed by atoms with van der Waals surface area (Å²) in [5.41, 5.74) is 1.48. The predicted molar refractivity (Wildman–Crippen MR) is 163 cm³/mol. The van der Waals surface area contributed by atoms with Gasteiger partial charge in [-0.2, -0.15) is 0 Å². The van der Waals surface area contributed by atoms with Crippen LogP contribution in [0.25, 0.3) is 10.8 Å². The van der Waals surface area contributed by atoms with E-state index in [4.69, 9.17) is 37.9 Å². The third kappa shape index (κ3) is 3.72. The minimum atomic E-state index is -1.55. The largest absolute Gasteiger partial charge is 0.506 e. The molecule has 3 saturated heterocycles. The van der Waals surface area contributed by atoms with Gasteiger partial charge in [0.25, 0.3) is 5.79 Å². The molecule has 0 saturated carbocycles. The van der Waals surface area contributed by atoms with E-state index < -0.39 is 54.1 Å². The molecular formula is C35H36O12. The molecule has 0 amide bonds. The molecule has 3 aromatic rings. The lowest BCUT2D eigenvalue weighted by Crippen LogP contribution is -2.70. The molecule has 0 aromatic heterocycles. The van der Waals surface area contributed by atoms with Crippen molar-refractivity contribution in [3.8, 4) is 17.2 Å². The first-order valence-corrected chi connectivity index (χ1v) is 15.6. The number of fused-ring (bicyclic) bond motifs is 8. The number of phenols is 1. The first-order chi connectivity index (χ1) is 22.7. The lowest BCUT2D eigenvalue weighted by atomic mass is 9.75. The number of ether oxygens (including phenoxy) is 8. The number of aliphatic hydroxyl groups excluding tert-OH is 1. The number of epoxide rings is 1. The Bertz CT molecular complexity index is 1810. The Balaban J connectivity index is 1.30. The highest BCUT2D eigenvalue weighted by Gasteiger charge is 2.92. The van der Waals surface area contributed by atoms with Gasteiger partial charge >= 0.3 is 0 Å². The van der Waals surface area contributed by atoms with E-state index in [0.29, 0.717) is 40.5 Å². The van der Waals surface area contributed by atoms with Crippen molar-refractivity contribution in [3.05, 3.63) is 63.7 Å². The Morgan fingerprint density at radius 3 is 2.49 bits per heavy atom. The number of carbonyl (C=O) groups excluding carboxylic acids is 2. The molecule has 1 aliphatic carbocycles. The molecule has 3 aromatic carbocycles. The third-order valence-electron chi connectivity index (χ3n) is 10.7. The number of Topliss-reactive ketones (excluding diaryl/α,β-unsaturated/α-hetero) is 1. The molecule has 248 valence electrons. The van der Waals surface area contributed by atoms with Gasteiger partial charge in [-0.15, -0.1) is 0 Å². The number of ketones is 1. The fourth-order valence-electron chi connectivity index (χ4n) is 8.34. The number of aldehydes is 1. The molecule has 2 N–H and O–H groups in total. The van der Waals surface area contributed by atoms with Crippen molar-refractivity contribution < 1.29 is 57.7 Å². The van der Waals surface area contributed by atoms with Crippen molar-refractivity contribution in [1.29, 1.82) is 0 Å². The van der Waals surface area contributed by atoms with Crippen LogP contribution in [0.15, 0.2) is 30.3 Å². The summed E-state index contributed by atoms with van der Waals surface area (Å²) in [6.07, 6.45) is -2.11. The number of carbonyl (C=O) groups is 2. The Kier molecular flexibility index (Phi) is 6.82. The second-order valence-corrected chi connectivity index (χ2v) is 12.9. The van der Waals surface area contributed by atoms with Crippen molar-refractivity contribution in [2.24, 2.45) is 5.92 Å². The molecule has 5 aliphatic rings. The van der Waals surface area contributed by atoms with Gasteiger partial charge in [-0.3, -0.25) is 9.59 Å². The summed E-state index contributed by atoms with van der Waals surface area (Å²) in [6.45, 7) is 3.57. The molecule has 8 rings (SSSR count). The number of aliphatic hydroxyl groups is 1. The van der Waals surface area contributed by atoms with Crippen LogP contribution in [0.3, 0.4) is 0 Å². The molecular weight excluding hydrogens is 612 g/mol. The molecule has 12 heteroatoms. The van der Waals surface area contributed by atoms with Gasteiger partial charge in [0, 0.05) is 42.2 Å². The van der Waals surface area contributed by atoms with Gasteiger partial charge in [-0.1, -0.05) is 19.1 Å². The monoisotopic (exact) mass is 648 g/mol. The van der Waals surface area contributed by atoms with Gasteiger partial charge in [0.1, 0.15) is 29.5 Å². The number of aromatic hydroxyl groups is 1. The van der Waals surface area contributed by atoms with Crippen LogP contribution in [0, 0.1) is 12.8 Å². The highest BCUT2D eigenvalue weighted by Crippen LogP contribution is 2.71. The Labute approximate surface area is 270 Å². The molecule has 2 bridgehead atoms. The van der Waals surface area contributed by atoms with Crippen molar-refractivity contribution in [1.82, 2.24) is 0 Å². The smallest absolute Gasteiger partial charge is 0.276 e. The van der Waals surface area contributed by atoms with Crippen molar-refractivity contribution >= 4 is 22.8 Å². The lowest BCUT2D eigenvalue weighted by molar-refractivity contribution is -0.313. The number of benzene rings is 3. The van der Waals surface area contributed by atoms with Gasteiger partial charge in [0.15, 0.2) is 18.2 Å². The molecule has 8 atom stereocenters. The van der Waals surface area contributed by atoms with Crippen molar-refractivity contribution in [2.45, 2.75) is 68.5 Å². The normalized spacial score (nSPS) is 33.4. The molecule has 0 radical (unpaired) electrons. The second kappa shape index (κ2) is 10.4. The first-order valence-electron chi connectivity index (χ1n) is 15.6. The zero-order valence-electron chi connectivity index (χ0n) is 26.7. The second-order valence-electron chi connectivity index (χ2n) is 12.9. The highest BCUT2D eigenvalue weighted by molar-refractivity contribution is 6.15. The van der Waals surface area contributed by atoms with Gasteiger partial charge < -0.3 is 48.1 Å². The van der Waals surface area contributed by atoms with Crippen LogP contribution in [0.5, 0.6) is 17.2 Å². The fraction of sp³-hybridized carbons (Fsp3) is 0.486. The van der Waals surface area contributed by atoms with E-state index >= 15 is 0 Å². The van der Waals surface area contributed by atoms with Crippen LogP contribution >= 0.6 is 0 Å². The molecule has 4 aliphatic heterocycles. The SMILES string of the molecule is COc1ccc(CO[C@H]2C[C@@H](C)C(=O)c3c2c(C=O)c2cc(C)c4c(c2c3O)OC2(OC)C3OC(C(CO)OC)(OC43)C23CO3)cc1. The topological polar surface area (TPSA) is 152 Å². The Hall–Kier alpha value is -3.62. The van der Waals surface area contributed by atoms with Gasteiger partial charge in [0.2, 0.25) is 11.4 Å². The van der Waals surface area contributed by atoms with Crippen LogP contribution < -0.4 is 9.47 Å². The molecule has 3 fully saturated rings. The number of aryl methyl sites for hydroxylation is 1. The maximum Gasteiger partial charge on any atom is 0.276 e. The summed E-state index contributed by atoms with van der Waals surface area (Å²) in [5, 5.41) is 22.9. The van der Waals surface area contributed by atoms with E-state index in [1.165, 1.54) is 14.2 Å². The summed E-state index contributed by atoms with van der Waals surface area (Å²) in [6, 6.07) is 9.23. The minimum absolute atomic E-state index is 0.0324. The summed E-state index contributed by atoms with van der Waals surface area (Å²) >= 11 is 0. The predicted octanol–water partition coefficient (Wildman–Crippen LogP) is 3.83. The maximum absolute atomic E-state index is 13.8. The summed E-state index contributed by atoms with van der Waals surface area (Å²) < 4.78 is 49.3. The van der Waals surface area contributed by atoms with Crippen molar-refractivity contribution in [3.63, 3.8) is 0 Å². The van der Waals surface area contributed by atoms with Crippen LogP contribution in [-0.2, 0) is 35.0 Å². The van der Waals surface area contributed by atoms with Gasteiger partial charge in [-0.25, -0.2) is 0 Å². The van der Waals surface area contributed by atoms with E-state index in [2.05, 4.69) is 0 Å². The number of hydrogen-bond acceptors (Lipinski definition) is 12. The van der Waals surface area contributed by atoms with E-state index in [-0.39, 0.29) is 47.0 Å².